The first kappa shape index (κ1) is 19.5. The van der Waals surface area contributed by atoms with Gasteiger partial charge in [0.1, 0.15) is 0 Å². The van der Waals surface area contributed by atoms with Crippen LogP contribution in [-0.4, -0.2) is 54.4 Å². The Morgan fingerprint density at radius 1 is 1.17 bits per heavy atom. The lowest BCUT2D eigenvalue weighted by atomic mass is 9.73. The summed E-state index contributed by atoms with van der Waals surface area (Å²) in [4.78, 5) is 14.5. The first-order valence-corrected chi connectivity index (χ1v) is 9.95. The summed E-state index contributed by atoms with van der Waals surface area (Å²) in [5.74, 6) is 0. The number of amides is 2. The highest BCUT2D eigenvalue weighted by molar-refractivity contribution is 5.73. The van der Waals surface area contributed by atoms with Crippen LogP contribution in [0.3, 0.4) is 0 Å². The summed E-state index contributed by atoms with van der Waals surface area (Å²) < 4.78 is 0. The average molecular weight is 340 g/mol. The molecule has 0 aromatic heterocycles. The Morgan fingerprint density at radius 3 is 2.71 bits per heavy atom. The standard InChI is InChI=1S/C19H37N3O2/c1-16-9-4-7-13-22(16)14-8-6-12-20-18(24)21-15-19(2)11-5-3-10-17(19)23/h16-17,23H,3-15H2,1-2H3,(H2,20,21,24). The summed E-state index contributed by atoms with van der Waals surface area (Å²) in [5, 5.41) is 16.1. The molecule has 3 N–H and O–H groups in total. The summed E-state index contributed by atoms with van der Waals surface area (Å²) >= 11 is 0. The first-order chi connectivity index (χ1) is 11.5. The molecule has 1 heterocycles. The van der Waals surface area contributed by atoms with E-state index in [0.29, 0.717) is 6.54 Å². The number of carbonyl (C=O) groups excluding carboxylic acids is 1. The Bertz CT molecular complexity index is 391. The maximum Gasteiger partial charge on any atom is 0.314 e. The van der Waals surface area contributed by atoms with Crippen LogP contribution in [0.25, 0.3) is 0 Å². The molecule has 140 valence electrons. The van der Waals surface area contributed by atoms with E-state index >= 15 is 0 Å². The molecule has 1 aliphatic heterocycles. The molecular weight excluding hydrogens is 302 g/mol. The van der Waals surface area contributed by atoms with Crippen molar-refractivity contribution >= 4 is 6.03 Å². The van der Waals surface area contributed by atoms with E-state index in [0.717, 1.165) is 57.7 Å². The fraction of sp³-hybridized carbons (Fsp3) is 0.947. The number of hydrogen-bond donors (Lipinski definition) is 3. The SMILES string of the molecule is CC1CCCCN1CCCCNC(=O)NCC1(C)CCCCC1O. The van der Waals surface area contributed by atoms with Gasteiger partial charge in [-0.1, -0.05) is 26.2 Å². The molecule has 2 rings (SSSR count). The number of carbonyl (C=O) groups is 1. The minimum absolute atomic E-state index is 0.0969. The molecule has 1 saturated heterocycles. The second kappa shape index (κ2) is 9.62. The number of nitrogens with zero attached hydrogens (tertiary/aromatic N) is 1. The largest absolute Gasteiger partial charge is 0.392 e. The summed E-state index contributed by atoms with van der Waals surface area (Å²) in [6, 6.07) is 0.623. The second-order valence-electron chi connectivity index (χ2n) is 8.11. The van der Waals surface area contributed by atoms with Crippen molar-refractivity contribution < 1.29 is 9.90 Å². The maximum atomic E-state index is 11.9. The molecule has 0 spiro atoms. The number of aliphatic hydroxyl groups is 1. The van der Waals surface area contributed by atoms with E-state index in [2.05, 4.69) is 29.4 Å². The van der Waals surface area contributed by atoms with Gasteiger partial charge in [-0.2, -0.15) is 0 Å². The molecule has 2 amide bonds. The van der Waals surface area contributed by atoms with E-state index in [9.17, 15) is 9.90 Å². The van der Waals surface area contributed by atoms with Crippen LogP contribution < -0.4 is 10.6 Å². The van der Waals surface area contributed by atoms with Gasteiger partial charge in [-0.3, -0.25) is 0 Å². The summed E-state index contributed by atoms with van der Waals surface area (Å²) in [5.41, 5.74) is -0.167. The van der Waals surface area contributed by atoms with Gasteiger partial charge in [-0.15, -0.1) is 0 Å². The maximum absolute atomic E-state index is 11.9. The van der Waals surface area contributed by atoms with Crippen molar-refractivity contribution in [3.05, 3.63) is 0 Å². The minimum atomic E-state index is -0.293. The van der Waals surface area contributed by atoms with Gasteiger partial charge in [0.25, 0.3) is 0 Å². The molecule has 3 unspecified atom stereocenters. The van der Waals surface area contributed by atoms with Crippen LogP contribution in [0.5, 0.6) is 0 Å². The number of rotatable bonds is 7. The number of urea groups is 1. The molecule has 5 nitrogen and oxygen atoms in total. The second-order valence-corrected chi connectivity index (χ2v) is 8.11. The molecule has 24 heavy (non-hydrogen) atoms. The van der Waals surface area contributed by atoms with E-state index in [-0.39, 0.29) is 17.6 Å². The number of hydrogen-bond acceptors (Lipinski definition) is 3. The third-order valence-electron chi connectivity index (χ3n) is 6.03. The zero-order valence-electron chi connectivity index (χ0n) is 15.6. The minimum Gasteiger partial charge on any atom is -0.392 e. The lowest BCUT2D eigenvalue weighted by molar-refractivity contribution is 0.00309. The Labute approximate surface area is 147 Å². The molecule has 1 saturated carbocycles. The van der Waals surface area contributed by atoms with Gasteiger partial charge in [0.05, 0.1) is 6.10 Å². The van der Waals surface area contributed by atoms with E-state index < -0.39 is 0 Å². The first-order valence-electron chi connectivity index (χ1n) is 9.95. The van der Waals surface area contributed by atoms with Crippen molar-refractivity contribution in [1.29, 1.82) is 0 Å². The third-order valence-corrected chi connectivity index (χ3v) is 6.03. The van der Waals surface area contributed by atoms with Crippen LogP contribution >= 0.6 is 0 Å². The van der Waals surface area contributed by atoms with Crippen LogP contribution in [0.1, 0.15) is 71.6 Å². The van der Waals surface area contributed by atoms with Gasteiger partial charge in [-0.25, -0.2) is 4.79 Å². The van der Waals surface area contributed by atoms with Gasteiger partial charge in [0, 0.05) is 24.5 Å². The van der Waals surface area contributed by atoms with Crippen molar-refractivity contribution in [1.82, 2.24) is 15.5 Å². The number of nitrogens with one attached hydrogen (secondary N) is 2. The predicted molar refractivity (Wildman–Crippen MR) is 98.1 cm³/mol. The predicted octanol–water partition coefficient (Wildman–Crippen LogP) is 2.88. The lowest BCUT2D eigenvalue weighted by Crippen LogP contribution is -2.47. The molecule has 2 aliphatic rings. The molecule has 0 aromatic carbocycles. The van der Waals surface area contributed by atoms with Crippen molar-refractivity contribution in [2.24, 2.45) is 5.41 Å². The van der Waals surface area contributed by atoms with Crippen molar-refractivity contribution in [3.8, 4) is 0 Å². The van der Waals surface area contributed by atoms with Crippen molar-refractivity contribution in [2.75, 3.05) is 26.2 Å². The normalized spacial score (nSPS) is 31.6. The summed E-state index contributed by atoms with van der Waals surface area (Å²) in [6.45, 7) is 8.07. The number of aliphatic hydroxyl groups excluding tert-OH is 1. The van der Waals surface area contributed by atoms with Crippen molar-refractivity contribution in [2.45, 2.75) is 83.8 Å². The molecule has 2 fully saturated rings. The highest BCUT2D eigenvalue weighted by Crippen LogP contribution is 2.35. The van der Waals surface area contributed by atoms with E-state index in [1.807, 2.05) is 0 Å². The molecule has 0 bridgehead atoms. The van der Waals surface area contributed by atoms with Crippen LogP contribution in [-0.2, 0) is 0 Å². The summed E-state index contributed by atoms with van der Waals surface area (Å²) in [6.07, 6.45) is 9.98. The highest BCUT2D eigenvalue weighted by atomic mass is 16.3. The van der Waals surface area contributed by atoms with Crippen LogP contribution in [0.2, 0.25) is 0 Å². The number of likely N-dealkylation sites (tertiary alicyclic amines) is 1. The Kier molecular flexibility index (Phi) is 7.82. The molecule has 0 aromatic rings. The van der Waals surface area contributed by atoms with Gasteiger partial charge in [0.2, 0.25) is 0 Å². The summed E-state index contributed by atoms with van der Waals surface area (Å²) in [7, 11) is 0. The van der Waals surface area contributed by atoms with E-state index in [1.54, 1.807) is 0 Å². The lowest BCUT2D eigenvalue weighted by Gasteiger charge is -2.38. The van der Waals surface area contributed by atoms with Crippen LogP contribution in [0.15, 0.2) is 0 Å². The Morgan fingerprint density at radius 2 is 1.96 bits per heavy atom. The highest BCUT2D eigenvalue weighted by Gasteiger charge is 2.35. The van der Waals surface area contributed by atoms with E-state index in [1.165, 1.54) is 25.8 Å². The quantitative estimate of drug-likeness (QED) is 0.625. The van der Waals surface area contributed by atoms with Gasteiger partial charge in [0.15, 0.2) is 0 Å². The van der Waals surface area contributed by atoms with Gasteiger partial charge >= 0.3 is 6.03 Å². The average Bonchev–Trinajstić information content (AvgIpc) is 2.57. The van der Waals surface area contributed by atoms with Gasteiger partial charge in [-0.05, 0) is 58.5 Å². The fourth-order valence-electron chi connectivity index (χ4n) is 4.06. The number of unbranched alkanes of at least 4 members (excludes halogenated alkanes) is 1. The van der Waals surface area contributed by atoms with Gasteiger partial charge < -0.3 is 20.6 Å². The zero-order chi connectivity index (χ0) is 17.4. The zero-order valence-corrected chi connectivity index (χ0v) is 15.6. The smallest absolute Gasteiger partial charge is 0.314 e. The monoisotopic (exact) mass is 339 g/mol. The molecule has 3 atom stereocenters. The molecular formula is C19H37N3O2. The third kappa shape index (κ3) is 5.92. The topological polar surface area (TPSA) is 64.6 Å². The molecule has 0 radical (unpaired) electrons. The fourth-order valence-corrected chi connectivity index (χ4v) is 4.06. The van der Waals surface area contributed by atoms with Crippen LogP contribution in [0, 0.1) is 5.41 Å². The Hall–Kier alpha value is -0.810. The molecule has 5 heteroatoms. The molecule has 1 aliphatic carbocycles. The van der Waals surface area contributed by atoms with E-state index in [4.69, 9.17) is 0 Å². The Balaban J connectivity index is 1.53. The van der Waals surface area contributed by atoms with Crippen molar-refractivity contribution in [3.63, 3.8) is 0 Å². The number of piperidine rings is 1. The van der Waals surface area contributed by atoms with Crippen LogP contribution in [0.4, 0.5) is 4.79 Å².